The first-order chi connectivity index (χ1) is 9.56. The van der Waals surface area contributed by atoms with Gasteiger partial charge in [-0.3, -0.25) is 4.79 Å². The number of anilines is 2. The summed E-state index contributed by atoms with van der Waals surface area (Å²) in [7, 11) is 0. The van der Waals surface area contributed by atoms with Crippen LogP contribution in [0, 0.1) is 12.8 Å². The molecule has 0 spiro atoms. The highest BCUT2D eigenvalue weighted by Crippen LogP contribution is 2.32. The van der Waals surface area contributed by atoms with Crippen molar-refractivity contribution < 1.29 is 4.79 Å². The largest absolute Gasteiger partial charge is 0.398 e. The minimum Gasteiger partial charge on any atom is -0.398 e. The van der Waals surface area contributed by atoms with Crippen LogP contribution in [0.2, 0.25) is 0 Å². The van der Waals surface area contributed by atoms with Crippen molar-refractivity contribution in [3.05, 3.63) is 23.8 Å². The van der Waals surface area contributed by atoms with Gasteiger partial charge < -0.3 is 11.1 Å². The normalized spacial score (nSPS) is 22.5. The minimum absolute atomic E-state index is 0.0712. The number of nitrogen functional groups attached to an aromatic ring is 1. The number of nitrogens with two attached hydrogens (primary N) is 1. The Bertz CT molecular complexity index is 476. The van der Waals surface area contributed by atoms with E-state index in [-0.39, 0.29) is 5.91 Å². The van der Waals surface area contributed by atoms with Crippen LogP contribution in [0.5, 0.6) is 0 Å². The van der Waals surface area contributed by atoms with Crippen LogP contribution < -0.4 is 11.1 Å². The summed E-state index contributed by atoms with van der Waals surface area (Å²) in [6, 6.07) is 5.62. The fraction of sp³-hybridized carbons (Fsp3) is 0.562. The standard InChI is InChI=1S/C16H24N2OS/c1-11-5-3-6-13(9-11)20-10-16(19)18-15-8-4-7-14(17)12(15)2/h4,7-8,11,13H,3,5-6,9-10,17H2,1-2H3,(H,18,19). The van der Waals surface area contributed by atoms with E-state index in [1.54, 1.807) is 11.8 Å². The van der Waals surface area contributed by atoms with E-state index in [0.29, 0.717) is 11.0 Å². The van der Waals surface area contributed by atoms with Gasteiger partial charge in [0.25, 0.3) is 0 Å². The SMILES string of the molecule is Cc1c(N)cccc1NC(=O)CSC1CCCC(C)C1. The highest BCUT2D eigenvalue weighted by Gasteiger charge is 2.20. The number of hydrogen-bond donors (Lipinski definition) is 2. The first kappa shape index (κ1) is 15.2. The van der Waals surface area contributed by atoms with Gasteiger partial charge in [0.1, 0.15) is 0 Å². The lowest BCUT2D eigenvalue weighted by atomic mass is 9.91. The van der Waals surface area contributed by atoms with Gasteiger partial charge in [-0.2, -0.15) is 0 Å². The molecule has 3 nitrogen and oxygen atoms in total. The smallest absolute Gasteiger partial charge is 0.234 e. The van der Waals surface area contributed by atoms with Crippen molar-refractivity contribution in [1.29, 1.82) is 0 Å². The Hall–Kier alpha value is -1.16. The first-order valence-electron chi connectivity index (χ1n) is 7.33. The molecule has 1 amide bonds. The van der Waals surface area contributed by atoms with Gasteiger partial charge in [-0.05, 0) is 43.4 Å². The van der Waals surface area contributed by atoms with Crippen LogP contribution in [-0.2, 0) is 4.79 Å². The zero-order valence-corrected chi connectivity index (χ0v) is 13.1. The predicted molar refractivity (Wildman–Crippen MR) is 88.1 cm³/mol. The molecule has 0 aromatic heterocycles. The van der Waals surface area contributed by atoms with Gasteiger partial charge in [0.15, 0.2) is 0 Å². The second-order valence-corrected chi connectivity index (χ2v) is 7.06. The van der Waals surface area contributed by atoms with E-state index in [4.69, 9.17) is 5.73 Å². The van der Waals surface area contributed by atoms with Crippen LogP contribution in [0.1, 0.15) is 38.2 Å². The third-order valence-corrected chi connectivity index (χ3v) is 5.32. The Balaban J connectivity index is 1.82. The van der Waals surface area contributed by atoms with Crippen molar-refractivity contribution in [2.24, 2.45) is 5.92 Å². The molecule has 0 heterocycles. The lowest BCUT2D eigenvalue weighted by molar-refractivity contribution is -0.113. The summed E-state index contributed by atoms with van der Waals surface area (Å²) in [6.45, 7) is 4.24. The highest BCUT2D eigenvalue weighted by atomic mass is 32.2. The lowest BCUT2D eigenvalue weighted by Gasteiger charge is -2.26. The molecule has 1 aliphatic rings. The first-order valence-corrected chi connectivity index (χ1v) is 8.37. The van der Waals surface area contributed by atoms with Gasteiger partial charge in [0.05, 0.1) is 5.75 Å². The van der Waals surface area contributed by atoms with E-state index >= 15 is 0 Å². The molecule has 2 rings (SSSR count). The summed E-state index contributed by atoms with van der Waals surface area (Å²) < 4.78 is 0. The average Bonchev–Trinajstić information content (AvgIpc) is 2.42. The van der Waals surface area contributed by atoms with Crippen LogP contribution in [0.15, 0.2) is 18.2 Å². The summed E-state index contributed by atoms with van der Waals surface area (Å²) in [6.07, 6.45) is 5.13. The fourth-order valence-corrected chi connectivity index (χ4v) is 3.96. The quantitative estimate of drug-likeness (QED) is 0.829. The molecule has 0 saturated heterocycles. The monoisotopic (exact) mass is 292 g/mol. The number of amides is 1. The van der Waals surface area contributed by atoms with E-state index in [9.17, 15) is 4.79 Å². The summed E-state index contributed by atoms with van der Waals surface area (Å²) >= 11 is 1.80. The second kappa shape index (κ2) is 7.02. The van der Waals surface area contributed by atoms with Crippen molar-refractivity contribution in [2.45, 2.75) is 44.8 Å². The number of nitrogens with one attached hydrogen (secondary N) is 1. The number of thioether (sulfide) groups is 1. The molecule has 3 N–H and O–H groups in total. The number of hydrogen-bond acceptors (Lipinski definition) is 3. The Kier molecular flexibility index (Phi) is 5.35. The molecule has 1 aliphatic carbocycles. The fourth-order valence-electron chi connectivity index (χ4n) is 2.70. The molecule has 1 aromatic carbocycles. The second-order valence-electron chi connectivity index (χ2n) is 5.77. The molecular formula is C16H24N2OS. The molecule has 4 heteroatoms. The van der Waals surface area contributed by atoms with Crippen molar-refractivity contribution in [1.82, 2.24) is 0 Å². The number of rotatable bonds is 4. The Morgan fingerprint density at radius 3 is 3.00 bits per heavy atom. The van der Waals surface area contributed by atoms with Crippen LogP contribution >= 0.6 is 11.8 Å². The third kappa shape index (κ3) is 4.17. The maximum Gasteiger partial charge on any atom is 0.234 e. The van der Waals surface area contributed by atoms with E-state index in [0.717, 1.165) is 22.9 Å². The van der Waals surface area contributed by atoms with E-state index in [1.165, 1.54) is 25.7 Å². The number of carbonyl (C=O) groups is 1. The molecule has 0 aliphatic heterocycles. The van der Waals surface area contributed by atoms with Gasteiger partial charge in [-0.25, -0.2) is 0 Å². The maximum absolute atomic E-state index is 12.0. The molecule has 0 bridgehead atoms. The van der Waals surface area contributed by atoms with Gasteiger partial charge >= 0.3 is 0 Å². The molecule has 110 valence electrons. The maximum atomic E-state index is 12.0. The molecule has 20 heavy (non-hydrogen) atoms. The third-order valence-electron chi connectivity index (χ3n) is 3.99. The molecule has 2 atom stereocenters. The van der Waals surface area contributed by atoms with Gasteiger partial charge in [-0.1, -0.05) is 25.8 Å². The highest BCUT2D eigenvalue weighted by molar-refractivity contribution is 8.00. The molecule has 2 unspecified atom stereocenters. The molecule has 1 fully saturated rings. The molecular weight excluding hydrogens is 268 g/mol. The Morgan fingerprint density at radius 1 is 1.45 bits per heavy atom. The molecule has 0 radical (unpaired) electrons. The Labute approximate surface area is 125 Å². The van der Waals surface area contributed by atoms with Crippen molar-refractivity contribution in [2.75, 3.05) is 16.8 Å². The molecule has 1 aromatic rings. The van der Waals surface area contributed by atoms with Gasteiger partial charge in [0, 0.05) is 16.6 Å². The van der Waals surface area contributed by atoms with Crippen LogP contribution in [-0.4, -0.2) is 16.9 Å². The van der Waals surface area contributed by atoms with Gasteiger partial charge in [0.2, 0.25) is 5.91 Å². The van der Waals surface area contributed by atoms with E-state index < -0.39 is 0 Å². The zero-order valence-electron chi connectivity index (χ0n) is 12.3. The average molecular weight is 292 g/mol. The summed E-state index contributed by atoms with van der Waals surface area (Å²) in [5, 5.41) is 3.61. The summed E-state index contributed by atoms with van der Waals surface area (Å²) in [4.78, 5) is 12.0. The topological polar surface area (TPSA) is 55.1 Å². The van der Waals surface area contributed by atoms with Crippen molar-refractivity contribution >= 4 is 29.0 Å². The lowest BCUT2D eigenvalue weighted by Crippen LogP contribution is -2.20. The van der Waals surface area contributed by atoms with Crippen LogP contribution in [0.3, 0.4) is 0 Å². The van der Waals surface area contributed by atoms with Gasteiger partial charge in [-0.15, -0.1) is 11.8 Å². The minimum atomic E-state index is 0.0712. The van der Waals surface area contributed by atoms with E-state index in [1.807, 2.05) is 25.1 Å². The Morgan fingerprint density at radius 2 is 2.25 bits per heavy atom. The molecule has 1 saturated carbocycles. The summed E-state index contributed by atoms with van der Waals surface area (Å²) in [5.74, 6) is 1.41. The van der Waals surface area contributed by atoms with Crippen molar-refractivity contribution in [3.63, 3.8) is 0 Å². The summed E-state index contributed by atoms with van der Waals surface area (Å²) in [5.41, 5.74) is 8.33. The number of carbonyl (C=O) groups excluding carboxylic acids is 1. The predicted octanol–water partition coefficient (Wildman–Crippen LogP) is 3.83. The number of benzene rings is 1. The zero-order chi connectivity index (χ0) is 14.5. The van der Waals surface area contributed by atoms with Crippen LogP contribution in [0.25, 0.3) is 0 Å². The van der Waals surface area contributed by atoms with E-state index in [2.05, 4.69) is 12.2 Å². The van der Waals surface area contributed by atoms with Crippen molar-refractivity contribution in [3.8, 4) is 0 Å². The van der Waals surface area contributed by atoms with Crippen LogP contribution in [0.4, 0.5) is 11.4 Å².